The second-order valence-electron chi connectivity index (χ2n) is 6.29. The third-order valence-corrected chi connectivity index (χ3v) is 5.25. The first-order chi connectivity index (χ1) is 11.1. The Hall–Kier alpha value is -1.71. The van der Waals surface area contributed by atoms with E-state index in [1.165, 1.54) is 22.5 Å². The van der Waals surface area contributed by atoms with Crippen molar-refractivity contribution in [1.29, 1.82) is 0 Å². The molecule has 2 aromatic carbocycles. The molecule has 0 spiro atoms. The van der Waals surface area contributed by atoms with Crippen molar-refractivity contribution in [2.75, 3.05) is 26.4 Å². The number of phenolic OH excluding ortho intramolecular Hbond substituents is 1. The van der Waals surface area contributed by atoms with Crippen LogP contribution in [0.1, 0.15) is 17.5 Å². The van der Waals surface area contributed by atoms with E-state index in [9.17, 15) is 5.11 Å². The molecule has 3 rings (SSSR count). The fourth-order valence-electron chi connectivity index (χ4n) is 3.14. The van der Waals surface area contributed by atoms with Gasteiger partial charge in [0, 0.05) is 11.4 Å². The van der Waals surface area contributed by atoms with Crippen molar-refractivity contribution >= 4 is 23.4 Å². The second-order valence-corrected chi connectivity index (χ2v) is 7.42. The van der Waals surface area contributed by atoms with Crippen LogP contribution in [0.3, 0.4) is 0 Å². The predicted octanol–water partition coefficient (Wildman–Crippen LogP) is 4.61. The fourth-order valence-corrected chi connectivity index (χ4v) is 4.28. The van der Waals surface area contributed by atoms with Crippen LogP contribution >= 0.6 is 11.8 Å². The first-order valence-corrected chi connectivity index (χ1v) is 8.99. The molecule has 2 nitrogen and oxygen atoms in total. The van der Waals surface area contributed by atoms with Gasteiger partial charge in [-0.1, -0.05) is 36.4 Å². The summed E-state index contributed by atoms with van der Waals surface area (Å²) >= 11 is 1.95. The second kappa shape index (κ2) is 7.24. The molecule has 1 atom stereocenters. The van der Waals surface area contributed by atoms with Gasteiger partial charge in [-0.15, -0.1) is 11.8 Å². The van der Waals surface area contributed by atoms with E-state index in [-0.39, 0.29) is 0 Å². The molecule has 0 fully saturated rings. The molecule has 23 heavy (non-hydrogen) atoms. The van der Waals surface area contributed by atoms with Gasteiger partial charge >= 0.3 is 0 Å². The highest BCUT2D eigenvalue weighted by atomic mass is 32.2. The van der Waals surface area contributed by atoms with Crippen LogP contribution in [0.25, 0.3) is 11.6 Å². The molecule has 3 heteroatoms. The lowest BCUT2D eigenvalue weighted by Gasteiger charge is -2.23. The summed E-state index contributed by atoms with van der Waals surface area (Å²) in [6.45, 7) is 1.04. The summed E-state index contributed by atoms with van der Waals surface area (Å²) in [6.07, 6.45) is 3.42. The lowest BCUT2D eigenvalue weighted by atomic mass is 9.88. The molecule has 0 saturated carbocycles. The average molecular weight is 325 g/mol. The quantitative estimate of drug-likeness (QED) is 0.891. The topological polar surface area (TPSA) is 23.5 Å². The Morgan fingerprint density at radius 3 is 2.78 bits per heavy atom. The molecule has 0 aliphatic carbocycles. The van der Waals surface area contributed by atoms with Crippen molar-refractivity contribution in [3.63, 3.8) is 0 Å². The summed E-state index contributed by atoms with van der Waals surface area (Å²) in [5.74, 6) is 1.97. The van der Waals surface area contributed by atoms with Gasteiger partial charge in [-0.3, -0.25) is 0 Å². The molecular weight excluding hydrogens is 302 g/mol. The molecule has 0 bridgehead atoms. The summed E-state index contributed by atoms with van der Waals surface area (Å²) in [5.41, 5.74) is 3.78. The standard InChI is InChI=1S/C20H23NOS/c1-21(2)14-16-10-11-23-20-9-4-3-8-18(20)19(16)13-15-6-5-7-17(22)12-15/h3-9,12-13,16,22H,10-11,14H2,1-2H3. The van der Waals surface area contributed by atoms with Crippen molar-refractivity contribution in [2.45, 2.75) is 11.3 Å². The Bertz CT molecular complexity index is 708. The van der Waals surface area contributed by atoms with E-state index in [1.54, 1.807) is 6.07 Å². The highest BCUT2D eigenvalue weighted by Crippen LogP contribution is 2.40. The van der Waals surface area contributed by atoms with Gasteiger partial charge in [0.25, 0.3) is 0 Å². The van der Waals surface area contributed by atoms with Gasteiger partial charge < -0.3 is 10.0 Å². The van der Waals surface area contributed by atoms with Gasteiger partial charge in [0.2, 0.25) is 0 Å². The zero-order valence-electron chi connectivity index (χ0n) is 13.7. The zero-order valence-corrected chi connectivity index (χ0v) is 14.5. The fraction of sp³-hybridized carbons (Fsp3) is 0.300. The van der Waals surface area contributed by atoms with Crippen molar-refractivity contribution in [1.82, 2.24) is 4.90 Å². The van der Waals surface area contributed by atoms with Crippen molar-refractivity contribution in [3.8, 4) is 5.75 Å². The lowest BCUT2D eigenvalue weighted by molar-refractivity contribution is 0.361. The van der Waals surface area contributed by atoms with Crippen LogP contribution < -0.4 is 0 Å². The zero-order chi connectivity index (χ0) is 16.2. The van der Waals surface area contributed by atoms with Crippen LogP contribution in [0.15, 0.2) is 53.4 Å². The van der Waals surface area contributed by atoms with Crippen LogP contribution in [-0.4, -0.2) is 36.4 Å². The molecule has 1 unspecified atom stereocenters. The number of rotatable bonds is 3. The lowest BCUT2D eigenvalue weighted by Crippen LogP contribution is -2.22. The van der Waals surface area contributed by atoms with Gasteiger partial charge in [-0.2, -0.15) is 0 Å². The van der Waals surface area contributed by atoms with Gasteiger partial charge in [-0.05, 0) is 67.1 Å². The Balaban J connectivity index is 2.08. The van der Waals surface area contributed by atoms with Gasteiger partial charge in [-0.25, -0.2) is 0 Å². The van der Waals surface area contributed by atoms with E-state index in [2.05, 4.69) is 55.4 Å². The first kappa shape index (κ1) is 16.2. The van der Waals surface area contributed by atoms with Gasteiger partial charge in [0.05, 0.1) is 0 Å². The van der Waals surface area contributed by atoms with E-state index in [0.29, 0.717) is 11.7 Å². The Morgan fingerprint density at radius 2 is 2.00 bits per heavy atom. The van der Waals surface area contributed by atoms with Crippen molar-refractivity contribution < 1.29 is 5.11 Å². The third kappa shape index (κ3) is 3.98. The molecule has 1 heterocycles. The smallest absolute Gasteiger partial charge is 0.116 e. The minimum atomic E-state index is 0.319. The number of aromatic hydroxyl groups is 1. The van der Waals surface area contributed by atoms with Crippen LogP contribution in [0.5, 0.6) is 5.75 Å². The number of benzene rings is 2. The maximum atomic E-state index is 9.76. The van der Waals surface area contributed by atoms with E-state index in [0.717, 1.165) is 17.9 Å². The number of nitrogens with zero attached hydrogens (tertiary/aromatic N) is 1. The maximum absolute atomic E-state index is 9.76. The third-order valence-electron chi connectivity index (χ3n) is 4.14. The largest absolute Gasteiger partial charge is 0.508 e. The summed E-state index contributed by atoms with van der Waals surface area (Å²) in [4.78, 5) is 3.62. The molecule has 2 aromatic rings. The van der Waals surface area contributed by atoms with Crippen LogP contribution in [0, 0.1) is 5.92 Å². The van der Waals surface area contributed by atoms with Crippen LogP contribution in [0.2, 0.25) is 0 Å². The van der Waals surface area contributed by atoms with Crippen LogP contribution in [0.4, 0.5) is 0 Å². The van der Waals surface area contributed by atoms with Gasteiger partial charge in [0.1, 0.15) is 5.75 Å². The van der Waals surface area contributed by atoms with Crippen molar-refractivity contribution in [2.24, 2.45) is 5.92 Å². The van der Waals surface area contributed by atoms with Crippen molar-refractivity contribution in [3.05, 3.63) is 59.7 Å². The number of fused-ring (bicyclic) bond motifs is 1. The Labute approximate surface area is 142 Å². The molecule has 0 radical (unpaired) electrons. The number of hydrogen-bond donors (Lipinski definition) is 1. The normalized spacial score (nSPS) is 19.6. The Kier molecular flexibility index (Phi) is 5.09. The highest BCUT2D eigenvalue weighted by Gasteiger charge is 2.22. The molecule has 1 aliphatic rings. The summed E-state index contributed by atoms with van der Waals surface area (Å²) in [7, 11) is 4.27. The minimum absolute atomic E-state index is 0.319. The Morgan fingerprint density at radius 1 is 1.17 bits per heavy atom. The summed E-state index contributed by atoms with van der Waals surface area (Å²) in [5, 5.41) is 9.76. The van der Waals surface area contributed by atoms with E-state index < -0.39 is 0 Å². The molecule has 120 valence electrons. The molecule has 1 aliphatic heterocycles. The number of phenols is 1. The molecule has 0 amide bonds. The minimum Gasteiger partial charge on any atom is -0.508 e. The number of hydrogen-bond acceptors (Lipinski definition) is 3. The maximum Gasteiger partial charge on any atom is 0.116 e. The molecule has 0 aromatic heterocycles. The van der Waals surface area contributed by atoms with Gasteiger partial charge in [0.15, 0.2) is 0 Å². The highest BCUT2D eigenvalue weighted by molar-refractivity contribution is 7.99. The molecule has 1 N–H and O–H groups in total. The average Bonchev–Trinajstić information content (AvgIpc) is 2.67. The predicted molar refractivity (Wildman–Crippen MR) is 99.8 cm³/mol. The van der Waals surface area contributed by atoms with Crippen LogP contribution in [-0.2, 0) is 0 Å². The molecule has 0 saturated heterocycles. The first-order valence-electron chi connectivity index (χ1n) is 8.01. The summed E-state index contributed by atoms with van der Waals surface area (Å²) in [6, 6.07) is 16.2. The monoisotopic (exact) mass is 325 g/mol. The SMILES string of the molecule is CN(C)CC1CCSc2ccccc2C1=Cc1cccc(O)c1. The van der Waals surface area contributed by atoms with E-state index in [4.69, 9.17) is 0 Å². The van der Waals surface area contributed by atoms with E-state index in [1.807, 2.05) is 23.9 Å². The van der Waals surface area contributed by atoms with E-state index >= 15 is 0 Å². The number of thioether (sulfide) groups is 1. The summed E-state index contributed by atoms with van der Waals surface area (Å²) < 4.78 is 0. The molecular formula is C20H23NOS.